The van der Waals surface area contributed by atoms with Gasteiger partial charge in [-0.25, -0.2) is 0 Å². The lowest BCUT2D eigenvalue weighted by Crippen LogP contribution is -2.55. The Morgan fingerprint density at radius 2 is 2.07 bits per heavy atom. The van der Waals surface area contributed by atoms with Crippen LogP contribution in [0.2, 0.25) is 0 Å². The van der Waals surface area contributed by atoms with Gasteiger partial charge in [0.25, 0.3) is 0 Å². The van der Waals surface area contributed by atoms with E-state index in [-0.39, 0.29) is 5.41 Å². The molecule has 1 aromatic heterocycles. The van der Waals surface area contributed by atoms with E-state index in [0.29, 0.717) is 17.7 Å². The van der Waals surface area contributed by atoms with E-state index in [1.165, 1.54) is 46.9 Å². The molecule has 29 heavy (non-hydrogen) atoms. The fraction of sp³-hybridized carbons (Fsp3) is 0.462. The number of rotatable bonds is 4. The molecule has 4 atom stereocenters. The molecule has 3 nitrogen and oxygen atoms in total. The summed E-state index contributed by atoms with van der Waals surface area (Å²) in [6, 6.07) is 15.1. The number of hydrogen-bond donors (Lipinski definition) is 3. The Morgan fingerprint density at radius 3 is 2.97 bits per heavy atom. The standard InChI is InChI=1S/C26H32N2O/c1-17-6-5-12-26(2)23-15-20(29)10-9-18(23)14-22(17)25(26)27-13-11-19-16-28-24-8-4-3-7-21(19)24/h3-4,7-10,15-17,22,25,27-29H,5-6,11-14H2,1-2H3/t17?,22-,25+,26-/m0/s1. The van der Waals surface area contributed by atoms with Gasteiger partial charge in [-0.3, -0.25) is 0 Å². The van der Waals surface area contributed by atoms with E-state index in [0.717, 1.165) is 25.3 Å². The summed E-state index contributed by atoms with van der Waals surface area (Å²) in [5.41, 5.74) is 5.51. The molecule has 152 valence electrons. The van der Waals surface area contributed by atoms with Gasteiger partial charge in [0.1, 0.15) is 5.75 Å². The molecule has 1 heterocycles. The number of nitrogens with one attached hydrogen (secondary N) is 2. The van der Waals surface area contributed by atoms with E-state index in [1.54, 1.807) is 0 Å². The zero-order valence-electron chi connectivity index (χ0n) is 17.5. The average molecular weight is 389 g/mol. The summed E-state index contributed by atoms with van der Waals surface area (Å²) in [4.78, 5) is 3.40. The third kappa shape index (κ3) is 3.16. The third-order valence-corrected chi connectivity index (χ3v) is 7.80. The van der Waals surface area contributed by atoms with Crippen molar-refractivity contribution < 1.29 is 5.11 Å². The van der Waals surface area contributed by atoms with Crippen molar-refractivity contribution in [2.75, 3.05) is 6.54 Å². The number of phenols is 1. The van der Waals surface area contributed by atoms with E-state index in [1.807, 2.05) is 12.1 Å². The summed E-state index contributed by atoms with van der Waals surface area (Å²) in [6.07, 6.45) is 8.08. The molecule has 1 unspecified atom stereocenters. The number of aromatic nitrogens is 1. The van der Waals surface area contributed by atoms with Crippen LogP contribution in [0.15, 0.2) is 48.7 Å². The molecule has 2 aromatic carbocycles. The molecule has 3 heteroatoms. The maximum atomic E-state index is 10.2. The topological polar surface area (TPSA) is 48.0 Å². The summed E-state index contributed by atoms with van der Waals surface area (Å²) in [7, 11) is 0. The second-order valence-electron chi connectivity index (χ2n) is 9.54. The van der Waals surface area contributed by atoms with Crippen LogP contribution in [-0.4, -0.2) is 22.7 Å². The molecular formula is C26H32N2O. The Bertz CT molecular complexity index is 1020. The van der Waals surface area contributed by atoms with E-state index in [2.05, 4.69) is 60.7 Å². The SMILES string of the molecule is CC1CCC[C@@]2(C)c3cc(O)ccc3C[C@@H]1[C@H]2NCCc1c[nH]c2ccccc12. The fourth-order valence-corrected chi connectivity index (χ4v) is 6.19. The van der Waals surface area contributed by atoms with Crippen molar-refractivity contribution >= 4 is 10.9 Å². The molecule has 1 fully saturated rings. The summed E-state index contributed by atoms with van der Waals surface area (Å²) in [5.74, 6) is 1.78. The molecule has 5 rings (SSSR count). The maximum absolute atomic E-state index is 10.2. The molecule has 0 amide bonds. The van der Waals surface area contributed by atoms with Gasteiger partial charge in [-0.2, -0.15) is 0 Å². The molecule has 0 aliphatic heterocycles. The molecule has 3 aromatic rings. The first-order valence-electron chi connectivity index (χ1n) is 11.2. The van der Waals surface area contributed by atoms with E-state index < -0.39 is 0 Å². The highest BCUT2D eigenvalue weighted by atomic mass is 16.3. The normalized spacial score (nSPS) is 28.8. The van der Waals surface area contributed by atoms with Crippen LogP contribution in [0.1, 0.15) is 49.8 Å². The van der Waals surface area contributed by atoms with E-state index >= 15 is 0 Å². The first-order valence-corrected chi connectivity index (χ1v) is 11.2. The van der Waals surface area contributed by atoms with Crippen molar-refractivity contribution in [2.24, 2.45) is 11.8 Å². The van der Waals surface area contributed by atoms with Crippen molar-refractivity contribution in [2.45, 2.75) is 57.4 Å². The summed E-state index contributed by atoms with van der Waals surface area (Å²) >= 11 is 0. The van der Waals surface area contributed by atoms with Crippen molar-refractivity contribution in [3.05, 3.63) is 65.4 Å². The zero-order valence-corrected chi connectivity index (χ0v) is 17.5. The number of para-hydroxylation sites is 1. The Labute approximate surface area is 173 Å². The van der Waals surface area contributed by atoms with E-state index in [4.69, 9.17) is 0 Å². The molecule has 0 spiro atoms. The number of aromatic amines is 1. The quantitative estimate of drug-likeness (QED) is 0.566. The highest BCUT2D eigenvalue weighted by Gasteiger charge is 2.48. The van der Waals surface area contributed by atoms with Gasteiger partial charge >= 0.3 is 0 Å². The van der Waals surface area contributed by atoms with Crippen LogP contribution in [0.3, 0.4) is 0 Å². The maximum Gasteiger partial charge on any atom is 0.115 e. The lowest BCUT2D eigenvalue weighted by Gasteiger charge is -2.48. The van der Waals surface area contributed by atoms with Crippen molar-refractivity contribution in [1.29, 1.82) is 0 Å². The molecule has 0 saturated heterocycles. The second-order valence-corrected chi connectivity index (χ2v) is 9.54. The predicted octanol–water partition coefficient (Wildman–Crippen LogP) is 5.32. The number of H-pyrrole nitrogens is 1. The number of benzene rings is 2. The number of phenolic OH excluding ortho intramolecular Hbond substituents is 1. The largest absolute Gasteiger partial charge is 0.508 e. The molecular weight excluding hydrogens is 356 g/mol. The minimum atomic E-state index is 0.0853. The molecule has 0 radical (unpaired) electrons. The Kier molecular flexibility index (Phi) is 4.66. The summed E-state index contributed by atoms with van der Waals surface area (Å²) in [6.45, 7) is 5.86. The lowest BCUT2D eigenvalue weighted by atomic mass is 9.61. The van der Waals surface area contributed by atoms with Crippen LogP contribution >= 0.6 is 0 Å². The molecule has 1 saturated carbocycles. The van der Waals surface area contributed by atoms with Crippen molar-refractivity contribution in [1.82, 2.24) is 10.3 Å². The first kappa shape index (κ1) is 18.7. The van der Waals surface area contributed by atoms with Crippen LogP contribution in [-0.2, 0) is 18.3 Å². The smallest absolute Gasteiger partial charge is 0.115 e. The van der Waals surface area contributed by atoms with E-state index in [9.17, 15) is 5.11 Å². The molecule has 2 aliphatic carbocycles. The molecule has 3 N–H and O–H groups in total. The first-order chi connectivity index (χ1) is 14.1. The van der Waals surface area contributed by atoms with Gasteiger partial charge in [-0.05, 0) is 72.5 Å². The van der Waals surface area contributed by atoms with Gasteiger partial charge in [0.15, 0.2) is 0 Å². The molecule has 2 bridgehead atoms. The summed E-state index contributed by atoms with van der Waals surface area (Å²) < 4.78 is 0. The number of hydrogen-bond acceptors (Lipinski definition) is 2. The minimum absolute atomic E-state index is 0.0853. The Balaban J connectivity index is 1.42. The van der Waals surface area contributed by atoms with Gasteiger partial charge in [0.05, 0.1) is 0 Å². The monoisotopic (exact) mass is 388 g/mol. The Morgan fingerprint density at radius 1 is 1.21 bits per heavy atom. The van der Waals surface area contributed by atoms with Crippen LogP contribution in [0.5, 0.6) is 5.75 Å². The molecule has 2 aliphatic rings. The van der Waals surface area contributed by atoms with Crippen LogP contribution in [0.4, 0.5) is 0 Å². The third-order valence-electron chi connectivity index (χ3n) is 7.80. The Hall–Kier alpha value is -2.26. The highest BCUT2D eigenvalue weighted by Crippen LogP contribution is 2.49. The number of aromatic hydroxyl groups is 1. The average Bonchev–Trinajstić information content (AvgIpc) is 3.09. The number of fused-ring (bicyclic) bond motifs is 5. The van der Waals surface area contributed by atoms with Crippen LogP contribution < -0.4 is 5.32 Å². The second kappa shape index (κ2) is 7.21. The van der Waals surface area contributed by atoms with Crippen molar-refractivity contribution in [3.8, 4) is 5.75 Å². The lowest BCUT2D eigenvalue weighted by molar-refractivity contribution is 0.178. The fourth-order valence-electron chi connectivity index (χ4n) is 6.19. The zero-order chi connectivity index (χ0) is 20.0. The van der Waals surface area contributed by atoms with Crippen molar-refractivity contribution in [3.63, 3.8) is 0 Å². The van der Waals surface area contributed by atoms with Gasteiger partial charge in [-0.15, -0.1) is 0 Å². The highest BCUT2D eigenvalue weighted by molar-refractivity contribution is 5.83. The van der Waals surface area contributed by atoms with Crippen LogP contribution in [0.25, 0.3) is 10.9 Å². The van der Waals surface area contributed by atoms with Gasteiger partial charge < -0.3 is 15.4 Å². The van der Waals surface area contributed by atoms with Gasteiger partial charge in [0, 0.05) is 28.6 Å². The van der Waals surface area contributed by atoms with Gasteiger partial charge in [-0.1, -0.05) is 51.0 Å². The van der Waals surface area contributed by atoms with Gasteiger partial charge in [0.2, 0.25) is 0 Å². The predicted molar refractivity (Wildman–Crippen MR) is 119 cm³/mol. The minimum Gasteiger partial charge on any atom is -0.508 e. The van der Waals surface area contributed by atoms with Crippen LogP contribution in [0, 0.1) is 11.8 Å². The summed E-state index contributed by atoms with van der Waals surface area (Å²) in [5, 5.41) is 15.5.